The zero-order valence-corrected chi connectivity index (χ0v) is 15.7. The second-order valence-electron chi connectivity index (χ2n) is 6.22. The summed E-state index contributed by atoms with van der Waals surface area (Å²) in [5.41, 5.74) is 2.11. The predicted molar refractivity (Wildman–Crippen MR) is 105 cm³/mol. The second kappa shape index (κ2) is 8.67. The molecule has 2 aromatic carbocycles. The predicted octanol–water partition coefficient (Wildman–Crippen LogP) is 4.00. The lowest BCUT2D eigenvalue weighted by Crippen LogP contribution is -2.37. The number of aromatic amines is 1. The highest BCUT2D eigenvalue weighted by atomic mass is 32.2. The topological polar surface area (TPSA) is 61.9 Å². The largest absolute Gasteiger partial charge is 0.335 e. The Morgan fingerprint density at radius 2 is 1.73 bits per heavy atom. The van der Waals surface area contributed by atoms with Gasteiger partial charge in [0.25, 0.3) is 0 Å². The first-order valence-corrected chi connectivity index (χ1v) is 9.56. The number of hydrogen-bond donors (Lipinski definition) is 1. The van der Waals surface area contributed by atoms with Crippen LogP contribution in [0.25, 0.3) is 11.4 Å². The van der Waals surface area contributed by atoms with Crippen molar-refractivity contribution in [3.63, 3.8) is 0 Å². The number of nitrogens with zero attached hydrogens (tertiary/aromatic N) is 3. The quantitative estimate of drug-likeness (QED) is 0.642. The number of thioether (sulfide) groups is 1. The molecule has 0 radical (unpaired) electrons. The number of benzene rings is 2. The van der Waals surface area contributed by atoms with Crippen molar-refractivity contribution in [2.75, 3.05) is 5.75 Å². The fraction of sp³-hybridized carbons (Fsp3) is 0.250. The Hall–Kier alpha value is -2.60. The van der Waals surface area contributed by atoms with E-state index in [1.54, 1.807) is 0 Å². The molecule has 26 heavy (non-hydrogen) atoms. The monoisotopic (exact) mass is 366 g/mol. The lowest BCUT2D eigenvalue weighted by atomic mass is 10.2. The number of carbonyl (C=O) groups is 1. The highest BCUT2D eigenvalue weighted by molar-refractivity contribution is 7.99. The lowest BCUT2D eigenvalue weighted by Gasteiger charge is -2.26. The Kier molecular flexibility index (Phi) is 6.07. The Morgan fingerprint density at radius 3 is 2.38 bits per heavy atom. The first-order chi connectivity index (χ1) is 12.6. The molecule has 0 aliphatic carbocycles. The third-order valence-corrected chi connectivity index (χ3v) is 4.81. The molecule has 0 unspecified atom stereocenters. The van der Waals surface area contributed by atoms with E-state index < -0.39 is 0 Å². The minimum Gasteiger partial charge on any atom is -0.335 e. The third-order valence-electron chi connectivity index (χ3n) is 3.98. The maximum absolute atomic E-state index is 12.7. The molecule has 0 saturated heterocycles. The van der Waals surface area contributed by atoms with Gasteiger partial charge in [-0.05, 0) is 19.4 Å². The van der Waals surface area contributed by atoms with E-state index >= 15 is 0 Å². The zero-order chi connectivity index (χ0) is 18.4. The van der Waals surface area contributed by atoms with Crippen LogP contribution in [0, 0.1) is 0 Å². The summed E-state index contributed by atoms with van der Waals surface area (Å²) in [5, 5.41) is 7.72. The van der Waals surface area contributed by atoms with Crippen LogP contribution < -0.4 is 0 Å². The van der Waals surface area contributed by atoms with E-state index in [-0.39, 0.29) is 11.9 Å². The summed E-state index contributed by atoms with van der Waals surface area (Å²) >= 11 is 1.36. The molecule has 1 N–H and O–H groups in total. The molecule has 0 saturated carbocycles. The van der Waals surface area contributed by atoms with Crippen LogP contribution in [0.2, 0.25) is 0 Å². The molecule has 0 aliphatic rings. The van der Waals surface area contributed by atoms with Gasteiger partial charge in [0.1, 0.15) is 0 Å². The van der Waals surface area contributed by atoms with Crippen LogP contribution in [0.15, 0.2) is 65.8 Å². The molecule has 1 heterocycles. The standard InChI is InChI=1S/C20H22N4OS/c1-15(2)24(13-16-9-5-3-6-10-16)18(25)14-26-20-21-19(22-23-20)17-11-7-4-8-12-17/h3-12,15H,13-14H2,1-2H3,(H,21,22,23). The molecule has 3 aromatic rings. The van der Waals surface area contributed by atoms with Gasteiger partial charge in [0.05, 0.1) is 5.75 Å². The fourth-order valence-electron chi connectivity index (χ4n) is 2.58. The molecule has 5 nitrogen and oxygen atoms in total. The Labute approximate surface area is 157 Å². The normalized spacial score (nSPS) is 10.9. The van der Waals surface area contributed by atoms with Crippen LogP contribution in [-0.2, 0) is 11.3 Å². The Morgan fingerprint density at radius 1 is 1.08 bits per heavy atom. The van der Waals surface area contributed by atoms with Gasteiger partial charge < -0.3 is 4.90 Å². The summed E-state index contributed by atoms with van der Waals surface area (Å²) in [5.74, 6) is 1.11. The molecule has 0 atom stereocenters. The van der Waals surface area contributed by atoms with Crippen LogP contribution in [0.5, 0.6) is 0 Å². The van der Waals surface area contributed by atoms with Crippen LogP contribution in [-0.4, -0.2) is 37.8 Å². The van der Waals surface area contributed by atoms with E-state index in [1.165, 1.54) is 11.8 Å². The summed E-state index contributed by atoms with van der Waals surface area (Å²) in [7, 11) is 0. The lowest BCUT2D eigenvalue weighted by molar-refractivity contribution is -0.130. The van der Waals surface area contributed by atoms with Gasteiger partial charge in [-0.25, -0.2) is 4.98 Å². The number of rotatable bonds is 7. The number of amides is 1. The SMILES string of the molecule is CC(C)N(Cc1ccccc1)C(=O)CSc1n[nH]c(-c2ccccc2)n1. The molecular weight excluding hydrogens is 344 g/mol. The Balaban J connectivity index is 1.61. The van der Waals surface area contributed by atoms with Gasteiger partial charge in [-0.15, -0.1) is 5.10 Å². The molecule has 0 bridgehead atoms. The van der Waals surface area contributed by atoms with E-state index in [2.05, 4.69) is 15.2 Å². The van der Waals surface area contributed by atoms with Crippen molar-refractivity contribution < 1.29 is 4.79 Å². The van der Waals surface area contributed by atoms with E-state index in [9.17, 15) is 4.79 Å². The number of aromatic nitrogens is 3. The van der Waals surface area contributed by atoms with E-state index in [0.29, 0.717) is 23.3 Å². The summed E-state index contributed by atoms with van der Waals surface area (Å²) < 4.78 is 0. The van der Waals surface area contributed by atoms with Gasteiger partial charge in [-0.2, -0.15) is 0 Å². The summed E-state index contributed by atoms with van der Waals surface area (Å²) in [4.78, 5) is 19.0. The smallest absolute Gasteiger partial charge is 0.233 e. The fourth-order valence-corrected chi connectivity index (χ4v) is 3.27. The van der Waals surface area contributed by atoms with Crippen molar-refractivity contribution in [1.29, 1.82) is 0 Å². The number of nitrogens with one attached hydrogen (secondary N) is 1. The van der Waals surface area contributed by atoms with E-state index in [4.69, 9.17) is 0 Å². The molecule has 1 amide bonds. The van der Waals surface area contributed by atoms with Crippen molar-refractivity contribution in [2.24, 2.45) is 0 Å². The van der Waals surface area contributed by atoms with Crippen molar-refractivity contribution in [2.45, 2.75) is 31.6 Å². The summed E-state index contributed by atoms with van der Waals surface area (Å²) in [6, 6.07) is 20.0. The van der Waals surface area contributed by atoms with E-state index in [0.717, 1.165) is 11.1 Å². The molecule has 6 heteroatoms. The average molecular weight is 366 g/mol. The highest BCUT2D eigenvalue weighted by Gasteiger charge is 2.18. The maximum Gasteiger partial charge on any atom is 0.233 e. The first-order valence-electron chi connectivity index (χ1n) is 8.57. The summed E-state index contributed by atoms with van der Waals surface area (Å²) in [6.45, 7) is 4.68. The van der Waals surface area contributed by atoms with Gasteiger partial charge in [0.15, 0.2) is 5.82 Å². The van der Waals surface area contributed by atoms with E-state index in [1.807, 2.05) is 79.4 Å². The van der Waals surface area contributed by atoms with Gasteiger partial charge in [0, 0.05) is 18.2 Å². The number of carbonyl (C=O) groups excluding carboxylic acids is 1. The Bertz CT molecular complexity index is 833. The molecule has 1 aromatic heterocycles. The third kappa shape index (κ3) is 4.73. The molecule has 0 aliphatic heterocycles. The molecule has 0 fully saturated rings. The van der Waals surface area contributed by atoms with Gasteiger partial charge in [-0.3, -0.25) is 9.89 Å². The van der Waals surface area contributed by atoms with Gasteiger partial charge in [-0.1, -0.05) is 72.4 Å². The minimum absolute atomic E-state index is 0.0833. The van der Waals surface area contributed by atoms with Crippen LogP contribution >= 0.6 is 11.8 Å². The van der Waals surface area contributed by atoms with Crippen LogP contribution in [0.1, 0.15) is 19.4 Å². The summed E-state index contributed by atoms with van der Waals surface area (Å²) in [6.07, 6.45) is 0. The van der Waals surface area contributed by atoms with Crippen molar-refractivity contribution in [3.8, 4) is 11.4 Å². The van der Waals surface area contributed by atoms with Crippen LogP contribution in [0.3, 0.4) is 0 Å². The van der Waals surface area contributed by atoms with Crippen molar-refractivity contribution in [1.82, 2.24) is 20.1 Å². The van der Waals surface area contributed by atoms with Gasteiger partial charge in [0.2, 0.25) is 11.1 Å². The zero-order valence-electron chi connectivity index (χ0n) is 14.9. The molecular formula is C20H22N4OS. The van der Waals surface area contributed by atoms with Gasteiger partial charge >= 0.3 is 0 Å². The number of H-pyrrole nitrogens is 1. The molecule has 3 rings (SSSR count). The van der Waals surface area contributed by atoms with Crippen molar-refractivity contribution in [3.05, 3.63) is 66.2 Å². The molecule has 0 spiro atoms. The first kappa shape index (κ1) is 18.2. The number of hydrogen-bond acceptors (Lipinski definition) is 4. The average Bonchev–Trinajstić information content (AvgIpc) is 3.14. The second-order valence-corrected chi connectivity index (χ2v) is 7.16. The minimum atomic E-state index is 0.0833. The van der Waals surface area contributed by atoms with Crippen molar-refractivity contribution >= 4 is 17.7 Å². The highest BCUT2D eigenvalue weighted by Crippen LogP contribution is 2.20. The molecule has 134 valence electrons. The van der Waals surface area contributed by atoms with Crippen LogP contribution in [0.4, 0.5) is 0 Å². The maximum atomic E-state index is 12.7.